The first-order chi connectivity index (χ1) is 8.11. The number of aryl methyl sites for hydroxylation is 2. The summed E-state index contributed by atoms with van der Waals surface area (Å²) in [5.74, 6) is 1.32. The lowest BCUT2D eigenvalue weighted by Gasteiger charge is -2.10. The summed E-state index contributed by atoms with van der Waals surface area (Å²) in [6.45, 7) is 4.46. The van der Waals surface area contributed by atoms with Gasteiger partial charge in [-0.15, -0.1) is 0 Å². The van der Waals surface area contributed by atoms with E-state index in [2.05, 4.69) is 15.5 Å². The highest BCUT2D eigenvalue weighted by Gasteiger charge is 2.08. The Morgan fingerprint density at radius 1 is 1.59 bits per heavy atom. The molecule has 1 rings (SSSR count). The zero-order chi connectivity index (χ0) is 12.7. The second kappa shape index (κ2) is 7.01. The summed E-state index contributed by atoms with van der Waals surface area (Å²) in [5, 5.41) is 15.2. The molecule has 1 atom stereocenters. The SMILES string of the molecule is Cc1noc(CCC(=O)NCC(C)CCO)n1. The molecule has 17 heavy (non-hydrogen) atoms. The number of amides is 1. The molecule has 0 aliphatic rings. The minimum Gasteiger partial charge on any atom is -0.396 e. The number of hydrogen-bond acceptors (Lipinski definition) is 5. The van der Waals surface area contributed by atoms with Crippen LogP contribution in [0.5, 0.6) is 0 Å². The normalized spacial score (nSPS) is 12.4. The first kappa shape index (κ1) is 13.6. The monoisotopic (exact) mass is 241 g/mol. The highest BCUT2D eigenvalue weighted by Crippen LogP contribution is 2.01. The van der Waals surface area contributed by atoms with Crippen LogP contribution in [0.15, 0.2) is 4.52 Å². The smallest absolute Gasteiger partial charge is 0.227 e. The minimum absolute atomic E-state index is 0.0364. The van der Waals surface area contributed by atoms with Gasteiger partial charge in [-0.25, -0.2) is 0 Å². The van der Waals surface area contributed by atoms with E-state index >= 15 is 0 Å². The van der Waals surface area contributed by atoms with Crippen molar-refractivity contribution in [2.45, 2.75) is 33.1 Å². The van der Waals surface area contributed by atoms with Crippen LogP contribution in [-0.4, -0.2) is 34.3 Å². The van der Waals surface area contributed by atoms with Gasteiger partial charge in [0.1, 0.15) is 0 Å². The topological polar surface area (TPSA) is 88.2 Å². The number of aromatic nitrogens is 2. The van der Waals surface area contributed by atoms with E-state index in [0.717, 1.165) is 0 Å². The van der Waals surface area contributed by atoms with Crippen molar-refractivity contribution < 1.29 is 14.4 Å². The van der Waals surface area contributed by atoms with Crippen molar-refractivity contribution in [1.82, 2.24) is 15.5 Å². The van der Waals surface area contributed by atoms with Gasteiger partial charge in [-0.3, -0.25) is 4.79 Å². The Morgan fingerprint density at radius 2 is 2.35 bits per heavy atom. The second-order valence-corrected chi connectivity index (χ2v) is 4.16. The maximum atomic E-state index is 11.5. The first-order valence-corrected chi connectivity index (χ1v) is 5.78. The number of nitrogens with one attached hydrogen (secondary N) is 1. The third kappa shape index (κ3) is 5.44. The van der Waals surface area contributed by atoms with Crippen LogP contribution in [0.25, 0.3) is 0 Å². The van der Waals surface area contributed by atoms with Crippen LogP contribution in [0.3, 0.4) is 0 Å². The Labute approximate surface area is 100 Å². The minimum atomic E-state index is -0.0364. The molecule has 1 unspecified atom stereocenters. The maximum absolute atomic E-state index is 11.5. The molecule has 1 aromatic rings. The van der Waals surface area contributed by atoms with Gasteiger partial charge >= 0.3 is 0 Å². The summed E-state index contributed by atoms with van der Waals surface area (Å²) in [6.07, 6.45) is 1.50. The Balaban J connectivity index is 2.17. The van der Waals surface area contributed by atoms with Crippen LogP contribution in [0.4, 0.5) is 0 Å². The van der Waals surface area contributed by atoms with E-state index in [9.17, 15) is 4.79 Å². The summed E-state index contributed by atoms with van der Waals surface area (Å²) in [5.41, 5.74) is 0. The summed E-state index contributed by atoms with van der Waals surface area (Å²) in [6, 6.07) is 0. The molecule has 96 valence electrons. The van der Waals surface area contributed by atoms with Crippen molar-refractivity contribution in [3.05, 3.63) is 11.7 Å². The van der Waals surface area contributed by atoms with E-state index in [1.54, 1.807) is 6.92 Å². The molecule has 6 nitrogen and oxygen atoms in total. The number of nitrogens with zero attached hydrogens (tertiary/aromatic N) is 2. The fourth-order valence-corrected chi connectivity index (χ4v) is 1.36. The zero-order valence-electron chi connectivity index (χ0n) is 10.3. The van der Waals surface area contributed by atoms with E-state index in [1.165, 1.54) is 0 Å². The largest absolute Gasteiger partial charge is 0.396 e. The van der Waals surface area contributed by atoms with E-state index in [0.29, 0.717) is 37.5 Å². The lowest BCUT2D eigenvalue weighted by molar-refractivity contribution is -0.121. The third-order valence-corrected chi connectivity index (χ3v) is 2.41. The summed E-state index contributed by atoms with van der Waals surface area (Å²) < 4.78 is 4.90. The molecular weight excluding hydrogens is 222 g/mol. The van der Waals surface area contributed by atoms with Gasteiger partial charge in [0.25, 0.3) is 0 Å². The number of aliphatic hydroxyl groups is 1. The van der Waals surface area contributed by atoms with Crippen molar-refractivity contribution in [1.29, 1.82) is 0 Å². The maximum Gasteiger partial charge on any atom is 0.227 e. The molecule has 0 spiro atoms. The van der Waals surface area contributed by atoms with Gasteiger partial charge < -0.3 is 14.9 Å². The van der Waals surface area contributed by atoms with Crippen LogP contribution in [-0.2, 0) is 11.2 Å². The highest BCUT2D eigenvalue weighted by atomic mass is 16.5. The molecule has 0 radical (unpaired) electrons. The summed E-state index contributed by atoms with van der Waals surface area (Å²) in [7, 11) is 0. The van der Waals surface area contributed by atoms with E-state index in [-0.39, 0.29) is 18.4 Å². The molecule has 1 aromatic heterocycles. The first-order valence-electron chi connectivity index (χ1n) is 5.78. The van der Waals surface area contributed by atoms with Gasteiger partial charge in [-0.1, -0.05) is 12.1 Å². The molecule has 0 fully saturated rings. The van der Waals surface area contributed by atoms with Crippen LogP contribution >= 0.6 is 0 Å². The van der Waals surface area contributed by atoms with Gasteiger partial charge in [-0.05, 0) is 19.3 Å². The Hall–Kier alpha value is -1.43. The molecule has 1 heterocycles. The van der Waals surface area contributed by atoms with Crippen LogP contribution < -0.4 is 5.32 Å². The average Bonchev–Trinajstić information content (AvgIpc) is 2.70. The van der Waals surface area contributed by atoms with Gasteiger partial charge in [0.05, 0.1) is 0 Å². The zero-order valence-corrected chi connectivity index (χ0v) is 10.3. The predicted octanol–water partition coefficient (Wildman–Crippen LogP) is 0.445. The van der Waals surface area contributed by atoms with Crippen LogP contribution in [0, 0.1) is 12.8 Å². The molecule has 0 saturated carbocycles. The van der Waals surface area contributed by atoms with E-state index in [4.69, 9.17) is 9.63 Å². The predicted molar refractivity (Wildman–Crippen MR) is 61.2 cm³/mol. The van der Waals surface area contributed by atoms with Gasteiger partial charge in [0.15, 0.2) is 5.82 Å². The number of rotatable bonds is 7. The van der Waals surface area contributed by atoms with Crippen molar-refractivity contribution in [2.24, 2.45) is 5.92 Å². The number of carbonyl (C=O) groups excluding carboxylic acids is 1. The summed E-state index contributed by atoms with van der Waals surface area (Å²) in [4.78, 5) is 15.5. The standard InChI is InChI=1S/C11H19N3O3/c1-8(5-6-15)7-12-10(16)3-4-11-13-9(2)14-17-11/h8,15H,3-7H2,1-2H3,(H,12,16). The van der Waals surface area contributed by atoms with Crippen molar-refractivity contribution in [3.63, 3.8) is 0 Å². The van der Waals surface area contributed by atoms with Crippen LogP contribution in [0.2, 0.25) is 0 Å². The molecule has 6 heteroatoms. The quantitative estimate of drug-likeness (QED) is 0.723. The highest BCUT2D eigenvalue weighted by molar-refractivity contribution is 5.75. The lowest BCUT2D eigenvalue weighted by Crippen LogP contribution is -2.28. The fraction of sp³-hybridized carbons (Fsp3) is 0.727. The Bertz CT molecular complexity index is 351. The van der Waals surface area contributed by atoms with E-state index in [1.807, 2.05) is 6.92 Å². The number of aliphatic hydroxyl groups excluding tert-OH is 1. The molecule has 0 aliphatic heterocycles. The third-order valence-electron chi connectivity index (χ3n) is 2.41. The molecular formula is C11H19N3O3. The van der Waals surface area contributed by atoms with Gasteiger partial charge in [-0.2, -0.15) is 4.98 Å². The Morgan fingerprint density at radius 3 is 2.94 bits per heavy atom. The van der Waals surface area contributed by atoms with Crippen molar-refractivity contribution in [2.75, 3.05) is 13.2 Å². The number of carbonyl (C=O) groups is 1. The second-order valence-electron chi connectivity index (χ2n) is 4.16. The molecule has 0 aliphatic carbocycles. The molecule has 1 amide bonds. The van der Waals surface area contributed by atoms with E-state index < -0.39 is 0 Å². The molecule has 0 bridgehead atoms. The molecule has 0 saturated heterocycles. The molecule has 0 aromatic carbocycles. The van der Waals surface area contributed by atoms with Crippen LogP contribution in [0.1, 0.15) is 31.5 Å². The average molecular weight is 241 g/mol. The molecule has 2 N–H and O–H groups in total. The van der Waals surface area contributed by atoms with Crippen molar-refractivity contribution >= 4 is 5.91 Å². The Kier molecular flexibility index (Phi) is 5.62. The van der Waals surface area contributed by atoms with Gasteiger partial charge in [0, 0.05) is 26.0 Å². The lowest BCUT2D eigenvalue weighted by atomic mass is 10.1. The summed E-state index contributed by atoms with van der Waals surface area (Å²) >= 11 is 0. The van der Waals surface area contributed by atoms with Gasteiger partial charge in [0.2, 0.25) is 11.8 Å². The number of hydrogen-bond donors (Lipinski definition) is 2. The van der Waals surface area contributed by atoms with Crippen molar-refractivity contribution in [3.8, 4) is 0 Å². The fourth-order valence-electron chi connectivity index (χ4n) is 1.36.